The van der Waals surface area contributed by atoms with Crippen LogP contribution in [-0.2, 0) is 9.59 Å². The van der Waals surface area contributed by atoms with Crippen molar-refractivity contribution in [1.29, 1.82) is 0 Å². The van der Waals surface area contributed by atoms with Gasteiger partial charge in [-0.2, -0.15) is 5.10 Å². The highest BCUT2D eigenvalue weighted by Gasteiger charge is 2.17. The molecule has 134 valence electrons. The molecule has 0 saturated carbocycles. The summed E-state index contributed by atoms with van der Waals surface area (Å²) in [5.74, 6) is -1.50. The van der Waals surface area contributed by atoms with E-state index in [1.54, 1.807) is 31.2 Å². The highest BCUT2D eigenvalue weighted by atomic mass is 19.1. The molecule has 8 heteroatoms. The molecule has 0 aliphatic heterocycles. The van der Waals surface area contributed by atoms with Gasteiger partial charge in [-0.05, 0) is 32.0 Å². The number of carbonyl (C=O) groups excluding carboxylic acids is 1. The third kappa shape index (κ3) is 5.12. The first kappa shape index (κ1) is 18.6. The summed E-state index contributed by atoms with van der Waals surface area (Å²) in [6.07, 6.45) is 0.729. The zero-order chi connectivity index (χ0) is 18.4. The summed E-state index contributed by atoms with van der Waals surface area (Å²) in [7, 11) is 0. The van der Waals surface area contributed by atoms with E-state index in [9.17, 15) is 14.0 Å². The minimum atomic E-state index is -0.992. The number of hydrogen-bond acceptors (Lipinski definition) is 4. The minimum Gasteiger partial charge on any atom is -0.480 e. The van der Waals surface area contributed by atoms with Gasteiger partial charge in [0, 0.05) is 6.07 Å². The van der Waals surface area contributed by atoms with E-state index in [1.165, 1.54) is 15.6 Å². The Kier molecular flexibility index (Phi) is 6.24. The Balaban J connectivity index is 2.16. The number of carboxylic acids is 1. The molecule has 25 heavy (non-hydrogen) atoms. The number of rotatable bonds is 8. The molecule has 2 aromatic rings. The number of benzene rings is 1. The van der Waals surface area contributed by atoms with E-state index >= 15 is 0 Å². The molecule has 0 aliphatic carbocycles. The molecule has 0 fully saturated rings. The van der Waals surface area contributed by atoms with E-state index in [4.69, 9.17) is 5.11 Å². The highest BCUT2D eigenvalue weighted by molar-refractivity contribution is 5.92. The molecule has 0 unspecified atom stereocenters. The Hall–Kier alpha value is -2.74. The molecule has 0 saturated heterocycles. The number of hydrogen-bond donors (Lipinski definition) is 2. The Morgan fingerprint density at radius 1 is 1.32 bits per heavy atom. The molecule has 1 heterocycles. The fraction of sp³-hybridized carbons (Fsp3) is 0.353. The average molecular weight is 348 g/mol. The Morgan fingerprint density at radius 2 is 2.04 bits per heavy atom. The lowest BCUT2D eigenvalue weighted by molar-refractivity contribution is -0.138. The van der Waals surface area contributed by atoms with E-state index in [2.05, 4.69) is 10.4 Å². The molecule has 0 aliphatic rings. The molecule has 1 aromatic carbocycles. The molecule has 1 amide bonds. The standard InChI is InChI=1S/C17H21FN4O3/c1-3-8-21(11-17(24)25)10-16(23)19-15-9-12(2)20-22(15)14-7-5-4-6-13(14)18/h4-7,9H,3,8,10-11H2,1-2H3,(H,19,23)(H,24,25). The quantitative estimate of drug-likeness (QED) is 0.762. The number of anilines is 1. The van der Waals surface area contributed by atoms with Crippen molar-refractivity contribution in [3.63, 3.8) is 0 Å². The number of amides is 1. The average Bonchev–Trinajstić information content (AvgIpc) is 2.87. The van der Waals surface area contributed by atoms with Crippen molar-refractivity contribution in [2.45, 2.75) is 20.3 Å². The number of carbonyl (C=O) groups is 2. The molecule has 7 nitrogen and oxygen atoms in total. The topological polar surface area (TPSA) is 87.5 Å². The van der Waals surface area contributed by atoms with Crippen LogP contribution < -0.4 is 5.32 Å². The number of aliphatic carboxylic acids is 1. The summed E-state index contributed by atoms with van der Waals surface area (Å²) in [5.41, 5.74) is 0.844. The summed E-state index contributed by atoms with van der Waals surface area (Å²) in [6.45, 7) is 3.85. The van der Waals surface area contributed by atoms with Crippen molar-refractivity contribution >= 4 is 17.7 Å². The van der Waals surface area contributed by atoms with Crippen molar-refractivity contribution in [2.75, 3.05) is 25.0 Å². The number of nitrogens with zero attached hydrogens (tertiary/aromatic N) is 3. The summed E-state index contributed by atoms with van der Waals surface area (Å²) < 4.78 is 15.3. The molecular weight excluding hydrogens is 327 g/mol. The number of nitrogens with one attached hydrogen (secondary N) is 1. The fourth-order valence-corrected chi connectivity index (χ4v) is 2.50. The van der Waals surface area contributed by atoms with E-state index in [-0.39, 0.29) is 24.7 Å². The van der Waals surface area contributed by atoms with Crippen LogP contribution in [0.3, 0.4) is 0 Å². The van der Waals surface area contributed by atoms with Gasteiger partial charge in [0.2, 0.25) is 5.91 Å². The van der Waals surface area contributed by atoms with Crippen molar-refractivity contribution < 1.29 is 19.1 Å². The molecule has 0 spiro atoms. The Morgan fingerprint density at radius 3 is 2.68 bits per heavy atom. The van der Waals surface area contributed by atoms with Crippen LogP contribution in [-0.4, -0.2) is 51.3 Å². The molecular formula is C17H21FN4O3. The number of aromatic nitrogens is 2. The second-order valence-electron chi connectivity index (χ2n) is 5.69. The molecule has 0 atom stereocenters. The van der Waals surface area contributed by atoms with Crippen LogP contribution in [0.2, 0.25) is 0 Å². The maximum atomic E-state index is 14.0. The summed E-state index contributed by atoms with van der Waals surface area (Å²) in [4.78, 5) is 24.7. The van der Waals surface area contributed by atoms with Gasteiger partial charge in [0.15, 0.2) is 0 Å². The van der Waals surface area contributed by atoms with Crippen LogP contribution in [0.25, 0.3) is 5.69 Å². The van der Waals surface area contributed by atoms with Gasteiger partial charge in [0.25, 0.3) is 0 Å². The predicted molar refractivity (Wildman–Crippen MR) is 91.3 cm³/mol. The van der Waals surface area contributed by atoms with Crippen molar-refractivity contribution in [1.82, 2.24) is 14.7 Å². The lowest BCUT2D eigenvalue weighted by atomic mass is 10.3. The largest absolute Gasteiger partial charge is 0.480 e. The monoisotopic (exact) mass is 348 g/mol. The van der Waals surface area contributed by atoms with E-state index in [1.807, 2.05) is 6.92 Å². The fourth-order valence-electron chi connectivity index (χ4n) is 2.50. The maximum Gasteiger partial charge on any atom is 0.317 e. The minimum absolute atomic E-state index is 0.0678. The zero-order valence-electron chi connectivity index (χ0n) is 14.2. The van der Waals surface area contributed by atoms with Gasteiger partial charge in [-0.3, -0.25) is 14.5 Å². The Labute approximate surface area is 145 Å². The summed E-state index contributed by atoms with van der Waals surface area (Å²) in [5, 5.41) is 15.8. The number of carboxylic acid groups (broad SMARTS) is 1. The van der Waals surface area contributed by atoms with Gasteiger partial charge < -0.3 is 10.4 Å². The first-order valence-corrected chi connectivity index (χ1v) is 7.96. The molecule has 2 rings (SSSR count). The second-order valence-corrected chi connectivity index (χ2v) is 5.69. The van der Waals surface area contributed by atoms with Crippen LogP contribution in [0, 0.1) is 12.7 Å². The van der Waals surface area contributed by atoms with Crippen LogP contribution in [0.15, 0.2) is 30.3 Å². The number of para-hydroxylation sites is 1. The Bertz CT molecular complexity index is 760. The molecule has 1 aromatic heterocycles. The van der Waals surface area contributed by atoms with Gasteiger partial charge >= 0.3 is 5.97 Å². The van der Waals surface area contributed by atoms with Crippen molar-refractivity contribution in [3.05, 3.63) is 41.8 Å². The highest BCUT2D eigenvalue weighted by Crippen LogP contribution is 2.19. The maximum absolute atomic E-state index is 14.0. The molecule has 0 radical (unpaired) electrons. The summed E-state index contributed by atoms with van der Waals surface area (Å²) in [6, 6.07) is 7.75. The smallest absolute Gasteiger partial charge is 0.317 e. The lowest BCUT2D eigenvalue weighted by Crippen LogP contribution is -2.37. The normalized spacial score (nSPS) is 10.9. The van der Waals surface area contributed by atoms with Crippen LogP contribution >= 0.6 is 0 Å². The number of aryl methyl sites for hydroxylation is 1. The van der Waals surface area contributed by atoms with Crippen molar-refractivity contribution in [2.24, 2.45) is 0 Å². The third-order valence-electron chi connectivity index (χ3n) is 3.45. The number of halogens is 1. The van der Waals surface area contributed by atoms with Gasteiger partial charge in [0.1, 0.15) is 17.3 Å². The second kappa shape index (κ2) is 8.39. The van der Waals surface area contributed by atoms with Gasteiger partial charge in [-0.1, -0.05) is 19.1 Å². The first-order valence-electron chi connectivity index (χ1n) is 7.96. The van der Waals surface area contributed by atoms with Gasteiger partial charge in [0.05, 0.1) is 18.8 Å². The molecule has 2 N–H and O–H groups in total. The van der Waals surface area contributed by atoms with Gasteiger partial charge in [-0.15, -0.1) is 0 Å². The third-order valence-corrected chi connectivity index (χ3v) is 3.45. The first-order chi connectivity index (χ1) is 11.9. The lowest BCUT2D eigenvalue weighted by Gasteiger charge is -2.19. The van der Waals surface area contributed by atoms with Gasteiger partial charge in [-0.25, -0.2) is 9.07 Å². The predicted octanol–water partition coefficient (Wildman–Crippen LogP) is 2.05. The van der Waals surface area contributed by atoms with Crippen LogP contribution in [0.5, 0.6) is 0 Å². The van der Waals surface area contributed by atoms with E-state index in [0.717, 1.165) is 6.42 Å². The van der Waals surface area contributed by atoms with Crippen LogP contribution in [0.1, 0.15) is 19.0 Å². The zero-order valence-corrected chi connectivity index (χ0v) is 14.2. The van der Waals surface area contributed by atoms with Crippen LogP contribution in [0.4, 0.5) is 10.2 Å². The van der Waals surface area contributed by atoms with E-state index in [0.29, 0.717) is 18.1 Å². The molecule has 0 bridgehead atoms. The SMILES string of the molecule is CCCN(CC(=O)O)CC(=O)Nc1cc(C)nn1-c1ccccc1F. The van der Waals surface area contributed by atoms with Crippen molar-refractivity contribution in [3.8, 4) is 5.69 Å². The summed E-state index contributed by atoms with van der Waals surface area (Å²) >= 11 is 0. The van der Waals surface area contributed by atoms with E-state index < -0.39 is 11.8 Å².